The molecule has 1 rings (SSSR count). The van der Waals surface area contributed by atoms with Crippen LogP contribution >= 0.6 is 0 Å². The second kappa shape index (κ2) is 4.94. The molecule has 0 spiro atoms. The summed E-state index contributed by atoms with van der Waals surface area (Å²) in [4.78, 5) is 10.8. The summed E-state index contributed by atoms with van der Waals surface area (Å²) in [6, 6.07) is 3.47. The molecule has 0 aliphatic heterocycles. The first kappa shape index (κ1) is 11.7. The maximum atomic E-state index is 10.8. The predicted octanol–water partition coefficient (Wildman–Crippen LogP) is 2.47. The average molecular weight is 208 g/mol. The summed E-state index contributed by atoms with van der Waals surface area (Å²) >= 11 is 0. The number of aldehydes is 1. The quantitative estimate of drug-likeness (QED) is 0.773. The van der Waals surface area contributed by atoms with Gasteiger partial charge in [0.05, 0.1) is 12.2 Å². The third kappa shape index (κ3) is 2.57. The molecule has 1 aromatic rings. The lowest BCUT2D eigenvalue weighted by Crippen LogP contribution is -1.99. The number of carbonyl (C=O) groups excluding carboxylic acids is 1. The molecule has 0 saturated carbocycles. The van der Waals surface area contributed by atoms with Crippen LogP contribution in [0.2, 0.25) is 0 Å². The van der Waals surface area contributed by atoms with E-state index in [1.165, 1.54) is 0 Å². The van der Waals surface area contributed by atoms with E-state index < -0.39 is 0 Å². The highest BCUT2D eigenvalue weighted by atomic mass is 16.5. The van der Waals surface area contributed by atoms with Crippen molar-refractivity contribution in [2.45, 2.75) is 26.4 Å². The minimum absolute atomic E-state index is 0.0308. The van der Waals surface area contributed by atoms with Crippen molar-refractivity contribution in [3.63, 3.8) is 0 Å². The molecule has 0 aliphatic rings. The molecule has 0 saturated heterocycles. The van der Waals surface area contributed by atoms with E-state index in [-0.39, 0.29) is 11.7 Å². The second-order valence-electron chi connectivity index (χ2n) is 3.82. The van der Waals surface area contributed by atoms with Gasteiger partial charge in [0.2, 0.25) is 0 Å². The molecule has 3 nitrogen and oxygen atoms in total. The van der Waals surface area contributed by atoms with Gasteiger partial charge in [-0.1, -0.05) is 19.9 Å². The van der Waals surface area contributed by atoms with Gasteiger partial charge in [-0.15, -0.1) is 0 Å². The first-order valence-electron chi connectivity index (χ1n) is 4.90. The highest BCUT2D eigenvalue weighted by Gasteiger charge is 2.12. The van der Waals surface area contributed by atoms with E-state index in [0.29, 0.717) is 18.5 Å². The third-order valence-corrected chi connectivity index (χ3v) is 2.30. The maximum absolute atomic E-state index is 10.8. The summed E-state index contributed by atoms with van der Waals surface area (Å²) in [6.07, 6.45) is 0.696. The lowest BCUT2D eigenvalue weighted by molar-refractivity contribution is 0.111. The van der Waals surface area contributed by atoms with Gasteiger partial charge >= 0.3 is 0 Å². The predicted molar refractivity (Wildman–Crippen MR) is 58.3 cm³/mol. The Hall–Kier alpha value is -1.35. The first-order chi connectivity index (χ1) is 7.10. The van der Waals surface area contributed by atoms with Crippen molar-refractivity contribution in [1.29, 1.82) is 0 Å². The highest BCUT2D eigenvalue weighted by molar-refractivity contribution is 5.82. The Morgan fingerprint density at radius 1 is 1.47 bits per heavy atom. The Morgan fingerprint density at radius 3 is 2.60 bits per heavy atom. The van der Waals surface area contributed by atoms with Crippen LogP contribution in [0.25, 0.3) is 0 Å². The van der Waals surface area contributed by atoms with Crippen LogP contribution < -0.4 is 0 Å². The molecule has 0 amide bonds. The van der Waals surface area contributed by atoms with E-state index in [2.05, 4.69) is 0 Å². The summed E-state index contributed by atoms with van der Waals surface area (Å²) in [5.74, 6) is 0.233. The van der Waals surface area contributed by atoms with E-state index in [0.717, 1.165) is 11.1 Å². The van der Waals surface area contributed by atoms with Gasteiger partial charge in [-0.2, -0.15) is 0 Å². The number of methoxy groups -OCH3 is 1. The minimum Gasteiger partial charge on any atom is -0.507 e. The van der Waals surface area contributed by atoms with Crippen LogP contribution in [0.5, 0.6) is 5.75 Å². The molecule has 0 aromatic heterocycles. The minimum atomic E-state index is 0.0308. The van der Waals surface area contributed by atoms with Crippen LogP contribution in [0, 0.1) is 0 Å². The fourth-order valence-corrected chi connectivity index (χ4v) is 1.58. The van der Waals surface area contributed by atoms with Crippen molar-refractivity contribution in [2.24, 2.45) is 0 Å². The molecular weight excluding hydrogens is 192 g/mol. The zero-order chi connectivity index (χ0) is 11.4. The van der Waals surface area contributed by atoms with E-state index in [4.69, 9.17) is 4.74 Å². The molecule has 1 aromatic carbocycles. The van der Waals surface area contributed by atoms with E-state index in [9.17, 15) is 9.90 Å². The third-order valence-electron chi connectivity index (χ3n) is 2.30. The Kier molecular flexibility index (Phi) is 3.86. The molecule has 0 unspecified atom stereocenters. The van der Waals surface area contributed by atoms with Gasteiger partial charge in [-0.05, 0) is 23.1 Å². The molecular formula is C12H16O3. The van der Waals surface area contributed by atoms with Gasteiger partial charge < -0.3 is 9.84 Å². The second-order valence-corrected chi connectivity index (χ2v) is 3.82. The van der Waals surface area contributed by atoms with Crippen LogP contribution in [0.1, 0.15) is 41.3 Å². The SMILES string of the molecule is COCc1cc(O)c(C=O)c(C(C)C)c1. The van der Waals surface area contributed by atoms with Crippen LogP contribution in [-0.4, -0.2) is 18.5 Å². The number of benzene rings is 1. The number of phenolic OH excluding ortho intramolecular Hbond substituents is 1. The molecule has 1 N–H and O–H groups in total. The van der Waals surface area contributed by atoms with Gasteiger partial charge in [0, 0.05) is 7.11 Å². The molecule has 0 atom stereocenters. The van der Waals surface area contributed by atoms with E-state index in [1.807, 2.05) is 19.9 Å². The van der Waals surface area contributed by atoms with E-state index >= 15 is 0 Å². The monoisotopic (exact) mass is 208 g/mol. The van der Waals surface area contributed by atoms with Gasteiger partial charge in [0.1, 0.15) is 5.75 Å². The van der Waals surface area contributed by atoms with Crippen LogP contribution in [0.15, 0.2) is 12.1 Å². The van der Waals surface area contributed by atoms with Crippen molar-refractivity contribution in [3.8, 4) is 5.75 Å². The van der Waals surface area contributed by atoms with Gasteiger partial charge in [0.25, 0.3) is 0 Å². The number of ether oxygens (including phenoxy) is 1. The summed E-state index contributed by atoms with van der Waals surface area (Å²) in [7, 11) is 1.60. The largest absolute Gasteiger partial charge is 0.507 e. The Bertz CT molecular complexity index is 356. The van der Waals surface area contributed by atoms with Crippen LogP contribution in [0.3, 0.4) is 0 Å². The maximum Gasteiger partial charge on any atom is 0.154 e. The standard InChI is InChI=1S/C12H16O3/c1-8(2)10-4-9(7-15-3)5-12(14)11(10)6-13/h4-6,8,14H,7H2,1-3H3. The topological polar surface area (TPSA) is 46.5 Å². The van der Waals surface area contributed by atoms with Crippen molar-refractivity contribution in [3.05, 3.63) is 28.8 Å². The summed E-state index contributed by atoms with van der Waals surface area (Å²) in [5.41, 5.74) is 2.12. The summed E-state index contributed by atoms with van der Waals surface area (Å²) in [5, 5.41) is 9.66. The highest BCUT2D eigenvalue weighted by Crippen LogP contribution is 2.27. The van der Waals surface area contributed by atoms with Crippen molar-refractivity contribution >= 4 is 6.29 Å². The molecule has 0 heterocycles. The lowest BCUT2D eigenvalue weighted by Gasteiger charge is -2.12. The average Bonchev–Trinajstić information content (AvgIpc) is 2.17. The fourth-order valence-electron chi connectivity index (χ4n) is 1.58. The normalized spacial score (nSPS) is 10.7. The number of carbonyl (C=O) groups is 1. The Balaban J connectivity index is 3.25. The van der Waals surface area contributed by atoms with Gasteiger partial charge in [-0.25, -0.2) is 0 Å². The number of aromatic hydroxyl groups is 1. The van der Waals surface area contributed by atoms with Gasteiger partial charge in [0.15, 0.2) is 6.29 Å². The van der Waals surface area contributed by atoms with Crippen molar-refractivity contribution in [1.82, 2.24) is 0 Å². The zero-order valence-corrected chi connectivity index (χ0v) is 9.28. The molecule has 82 valence electrons. The summed E-state index contributed by atoms with van der Waals surface area (Å²) in [6.45, 7) is 4.41. The van der Waals surface area contributed by atoms with Crippen LogP contribution in [0.4, 0.5) is 0 Å². The smallest absolute Gasteiger partial charge is 0.154 e. The van der Waals surface area contributed by atoms with Crippen molar-refractivity contribution in [2.75, 3.05) is 7.11 Å². The number of hydrogen-bond acceptors (Lipinski definition) is 3. The molecule has 0 aliphatic carbocycles. The Labute approximate surface area is 89.7 Å². The Morgan fingerprint density at radius 2 is 2.13 bits per heavy atom. The molecule has 3 heteroatoms. The number of hydrogen-bond donors (Lipinski definition) is 1. The number of rotatable bonds is 4. The molecule has 0 bridgehead atoms. The van der Waals surface area contributed by atoms with Crippen LogP contribution in [-0.2, 0) is 11.3 Å². The molecule has 0 radical (unpaired) electrons. The fraction of sp³-hybridized carbons (Fsp3) is 0.417. The van der Waals surface area contributed by atoms with Gasteiger partial charge in [-0.3, -0.25) is 4.79 Å². The molecule has 0 fully saturated rings. The molecule has 15 heavy (non-hydrogen) atoms. The van der Waals surface area contributed by atoms with E-state index in [1.54, 1.807) is 13.2 Å². The lowest BCUT2D eigenvalue weighted by atomic mass is 9.95. The number of phenols is 1. The summed E-state index contributed by atoms with van der Waals surface area (Å²) < 4.78 is 4.99. The van der Waals surface area contributed by atoms with Crippen molar-refractivity contribution < 1.29 is 14.6 Å². The zero-order valence-electron chi connectivity index (χ0n) is 9.28. The first-order valence-corrected chi connectivity index (χ1v) is 4.90.